The van der Waals surface area contributed by atoms with Gasteiger partial charge in [-0.3, -0.25) is 0 Å². The number of aromatic nitrogens is 1. The molecule has 0 bridgehead atoms. The summed E-state index contributed by atoms with van der Waals surface area (Å²) in [5.74, 6) is 1.04. The Morgan fingerprint density at radius 1 is 1.11 bits per heavy atom. The lowest BCUT2D eigenvalue weighted by molar-refractivity contribution is 1.33. The van der Waals surface area contributed by atoms with Crippen molar-refractivity contribution in [1.82, 2.24) is 4.98 Å². The van der Waals surface area contributed by atoms with Crippen LogP contribution in [0.1, 0.15) is 0 Å². The molecule has 0 radical (unpaired) electrons. The highest BCUT2D eigenvalue weighted by atomic mass is 35.5. The van der Waals surface area contributed by atoms with Crippen molar-refractivity contribution in [3.63, 3.8) is 0 Å². The average molecular weight is 279 g/mol. The Morgan fingerprint density at radius 2 is 1.83 bits per heavy atom. The fraction of sp³-hybridized carbons (Fsp3) is 0. The molecule has 2 rings (SSSR count). The molecular formula is C12H11ClN4S. The van der Waals surface area contributed by atoms with E-state index in [9.17, 15) is 0 Å². The maximum Gasteiger partial charge on any atom is 0.176 e. The Bertz CT molecular complexity index is 556. The number of rotatable bonds is 2. The maximum atomic E-state index is 5.80. The van der Waals surface area contributed by atoms with Gasteiger partial charge in [0, 0.05) is 10.7 Å². The third-order valence-corrected chi connectivity index (χ3v) is 2.57. The predicted molar refractivity (Wildman–Crippen MR) is 79.9 cm³/mol. The van der Waals surface area contributed by atoms with E-state index >= 15 is 0 Å². The summed E-state index contributed by atoms with van der Waals surface area (Å²) in [6, 6.07) is 12.5. The SMILES string of the molecule is Nc1cccc(NC(=S)Nc2ccc(Cl)cc2)n1. The molecular weight excluding hydrogens is 268 g/mol. The van der Waals surface area contributed by atoms with Crippen molar-refractivity contribution < 1.29 is 0 Å². The Labute approximate surface area is 115 Å². The number of benzene rings is 1. The minimum Gasteiger partial charge on any atom is -0.384 e. The Hall–Kier alpha value is -1.85. The van der Waals surface area contributed by atoms with Crippen molar-refractivity contribution in [1.29, 1.82) is 0 Å². The van der Waals surface area contributed by atoms with Crippen LogP contribution < -0.4 is 16.4 Å². The topological polar surface area (TPSA) is 63.0 Å². The molecule has 0 aliphatic carbocycles. The van der Waals surface area contributed by atoms with Crippen LogP contribution in [0.4, 0.5) is 17.3 Å². The normalized spacial score (nSPS) is 9.83. The molecule has 1 aromatic heterocycles. The van der Waals surface area contributed by atoms with Crippen molar-refractivity contribution in [2.24, 2.45) is 0 Å². The summed E-state index contributed by atoms with van der Waals surface area (Å²) in [4.78, 5) is 4.09. The van der Waals surface area contributed by atoms with Crippen molar-refractivity contribution in [3.8, 4) is 0 Å². The smallest absolute Gasteiger partial charge is 0.176 e. The highest BCUT2D eigenvalue weighted by Crippen LogP contribution is 2.14. The van der Waals surface area contributed by atoms with Gasteiger partial charge in [-0.05, 0) is 48.6 Å². The number of nitrogens with one attached hydrogen (secondary N) is 2. The number of nitrogens with zero attached hydrogens (tertiary/aromatic N) is 1. The highest BCUT2D eigenvalue weighted by molar-refractivity contribution is 7.80. The minimum atomic E-state index is 0.439. The number of thiocarbonyl (C=S) groups is 1. The van der Waals surface area contributed by atoms with E-state index in [4.69, 9.17) is 29.6 Å². The van der Waals surface area contributed by atoms with Gasteiger partial charge in [0.25, 0.3) is 0 Å². The first kappa shape index (κ1) is 12.6. The van der Waals surface area contributed by atoms with Gasteiger partial charge in [-0.25, -0.2) is 4.98 Å². The molecule has 4 N–H and O–H groups in total. The fourth-order valence-corrected chi connectivity index (χ4v) is 1.68. The number of pyridine rings is 1. The molecule has 0 fully saturated rings. The first-order valence-electron chi connectivity index (χ1n) is 5.19. The number of nitrogens with two attached hydrogens (primary N) is 1. The van der Waals surface area contributed by atoms with E-state index in [2.05, 4.69) is 15.6 Å². The molecule has 0 aliphatic rings. The first-order valence-corrected chi connectivity index (χ1v) is 5.98. The van der Waals surface area contributed by atoms with E-state index < -0.39 is 0 Å². The van der Waals surface area contributed by atoms with Crippen LogP contribution in [0, 0.1) is 0 Å². The molecule has 1 heterocycles. The van der Waals surface area contributed by atoms with E-state index in [-0.39, 0.29) is 0 Å². The summed E-state index contributed by atoms with van der Waals surface area (Å²) in [5.41, 5.74) is 6.42. The minimum absolute atomic E-state index is 0.439. The lowest BCUT2D eigenvalue weighted by Gasteiger charge is -2.10. The van der Waals surface area contributed by atoms with E-state index in [0.29, 0.717) is 21.8 Å². The summed E-state index contributed by atoms with van der Waals surface area (Å²) in [6.45, 7) is 0. The maximum absolute atomic E-state index is 5.80. The lowest BCUT2D eigenvalue weighted by Crippen LogP contribution is -2.19. The zero-order valence-corrected chi connectivity index (χ0v) is 10.9. The largest absolute Gasteiger partial charge is 0.384 e. The zero-order chi connectivity index (χ0) is 13.0. The van der Waals surface area contributed by atoms with Crippen LogP contribution in [0.3, 0.4) is 0 Å². The molecule has 0 saturated carbocycles. The summed E-state index contributed by atoms with van der Waals surface area (Å²) < 4.78 is 0. The van der Waals surface area contributed by atoms with Gasteiger partial charge in [-0.1, -0.05) is 17.7 Å². The van der Waals surface area contributed by atoms with Gasteiger partial charge in [-0.2, -0.15) is 0 Å². The van der Waals surface area contributed by atoms with E-state index in [1.54, 1.807) is 30.3 Å². The summed E-state index contributed by atoms with van der Waals surface area (Å²) >= 11 is 11.0. The fourth-order valence-electron chi connectivity index (χ4n) is 1.33. The van der Waals surface area contributed by atoms with Crippen molar-refractivity contribution in [3.05, 3.63) is 47.5 Å². The van der Waals surface area contributed by atoms with Gasteiger partial charge in [0.05, 0.1) is 0 Å². The highest BCUT2D eigenvalue weighted by Gasteiger charge is 2.00. The standard InChI is InChI=1S/C12H11ClN4S/c13-8-4-6-9(7-5-8)15-12(18)17-11-3-1-2-10(14)16-11/h1-7H,(H4,14,15,16,17,18). The Morgan fingerprint density at radius 3 is 2.50 bits per heavy atom. The first-order chi connectivity index (χ1) is 8.63. The second kappa shape index (κ2) is 5.66. The molecule has 0 atom stereocenters. The molecule has 0 aliphatic heterocycles. The van der Waals surface area contributed by atoms with Gasteiger partial charge in [-0.15, -0.1) is 0 Å². The van der Waals surface area contributed by atoms with E-state index in [0.717, 1.165) is 5.69 Å². The molecule has 0 saturated heterocycles. The van der Waals surface area contributed by atoms with E-state index in [1.165, 1.54) is 0 Å². The molecule has 1 aromatic carbocycles. The number of anilines is 3. The molecule has 0 spiro atoms. The molecule has 92 valence electrons. The summed E-state index contributed by atoms with van der Waals surface area (Å²) in [6.07, 6.45) is 0. The molecule has 18 heavy (non-hydrogen) atoms. The van der Waals surface area contributed by atoms with Crippen LogP contribution in [0.15, 0.2) is 42.5 Å². The zero-order valence-electron chi connectivity index (χ0n) is 9.35. The van der Waals surface area contributed by atoms with Crippen LogP contribution in [-0.4, -0.2) is 10.1 Å². The average Bonchev–Trinajstić information content (AvgIpc) is 2.32. The van der Waals surface area contributed by atoms with Gasteiger partial charge in [0.1, 0.15) is 11.6 Å². The summed E-state index contributed by atoms with van der Waals surface area (Å²) in [7, 11) is 0. The number of nitrogen functional groups attached to an aromatic ring is 1. The third-order valence-electron chi connectivity index (χ3n) is 2.11. The Kier molecular flexibility index (Phi) is 3.96. The van der Waals surface area contributed by atoms with Gasteiger partial charge >= 0.3 is 0 Å². The quantitative estimate of drug-likeness (QED) is 0.737. The van der Waals surface area contributed by atoms with Crippen molar-refractivity contribution >= 4 is 46.3 Å². The van der Waals surface area contributed by atoms with Gasteiger partial charge < -0.3 is 16.4 Å². The van der Waals surface area contributed by atoms with Gasteiger partial charge in [0.2, 0.25) is 0 Å². The van der Waals surface area contributed by atoms with Gasteiger partial charge in [0.15, 0.2) is 5.11 Å². The second-order valence-corrected chi connectivity index (χ2v) is 4.38. The van der Waals surface area contributed by atoms with Crippen LogP contribution in [0.2, 0.25) is 5.02 Å². The Balaban J connectivity index is 1.98. The van der Waals surface area contributed by atoms with E-state index in [1.807, 2.05) is 12.1 Å². The van der Waals surface area contributed by atoms with Crippen LogP contribution >= 0.6 is 23.8 Å². The number of hydrogen-bond acceptors (Lipinski definition) is 3. The van der Waals surface area contributed by atoms with Crippen LogP contribution in [0.5, 0.6) is 0 Å². The van der Waals surface area contributed by atoms with Crippen molar-refractivity contribution in [2.75, 3.05) is 16.4 Å². The second-order valence-electron chi connectivity index (χ2n) is 3.53. The number of hydrogen-bond donors (Lipinski definition) is 3. The molecule has 0 unspecified atom stereocenters. The molecule has 0 amide bonds. The lowest BCUT2D eigenvalue weighted by atomic mass is 10.3. The monoisotopic (exact) mass is 278 g/mol. The van der Waals surface area contributed by atoms with Crippen LogP contribution in [-0.2, 0) is 0 Å². The predicted octanol–water partition coefficient (Wildman–Crippen LogP) is 3.13. The van der Waals surface area contributed by atoms with Crippen LogP contribution in [0.25, 0.3) is 0 Å². The van der Waals surface area contributed by atoms with Crippen molar-refractivity contribution in [2.45, 2.75) is 0 Å². The number of halogens is 1. The summed E-state index contributed by atoms with van der Waals surface area (Å²) in [5, 5.41) is 7.08. The molecule has 2 aromatic rings. The third kappa shape index (κ3) is 3.58. The molecule has 4 nitrogen and oxygen atoms in total. The molecule has 6 heteroatoms.